The molecule has 1 aromatic rings. The molecule has 2 rings (SSSR count). The maximum atomic E-state index is 5.36. The summed E-state index contributed by atoms with van der Waals surface area (Å²) in [7, 11) is 3.28. The molecule has 0 saturated carbocycles. The smallest absolute Gasteiger partial charge is 0.173 e. The number of nitrogens with one attached hydrogen (secondary N) is 1. The minimum atomic E-state index is -0.219. The van der Waals surface area contributed by atoms with Gasteiger partial charge in [-0.15, -0.1) is 0 Å². The average Bonchev–Trinajstić information content (AvgIpc) is 2.51. The molecule has 0 bridgehead atoms. The SMILES string of the molecule is COC(CNc1ccc(CN2CCOCC2)cc1)OC. The van der Waals surface area contributed by atoms with E-state index in [4.69, 9.17) is 14.2 Å². The van der Waals surface area contributed by atoms with Crippen molar-refractivity contribution in [1.29, 1.82) is 0 Å². The van der Waals surface area contributed by atoms with E-state index in [-0.39, 0.29) is 6.29 Å². The second-order valence-electron chi connectivity index (χ2n) is 4.87. The van der Waals surface area contributed by atoms with E-state index in [0.717, 1.165) is 38.5 Å². The molecule has 20 heavy (non-hydrogen) atoms. The van der Waals surface area contributed by atoms with E-state index >= 15 is 0 Å². The number of methoxy groups -OCH3 is 2. The lowest BCUT2D eigenvalue weighted by Gasteiger charge is -2.26. The zero-order chi connectivity index (χ0) is 14.2. The molecule has 5 nitrogen and oxygen atoms in total. The Labute approximate surface area is 120 Å². The van der Waals surface area contributed by atoms with Crippen molar-refractivity contribution in [2.24, 2.45) is 0 Å². The van der Waals surface area contributed by atoms with Crippen LogP contribution in [0.3, 0.4) is 0 Å². The quantitative estimate of drug-likeness (QED) is 0.768. The Morgan fingerprint density at radius 1 is 1.15 bits per heavy atom. The largest absolute Gasteiger partial charge is 0.380 e. The molecule has 1 saturated heterocycles. The van der Waals surface area contributed by atoms with Crippen LogP contribution in [0.2, 0.25) is 0 Å². The number of nitrogens with zero attached hydrogens (tertiary/aromatic N) is 1. The highest BCUT2D eigenvalue weighted by Crippen LogP contribution is 2.12. The number of anilines is 1. The lowest BCUT2D eigenvalue weighted by atomic mass is 10.2. The first kappa shape index (κ1) is 15.3. The van der Waals surface area contributed by atoms with Crippen molar-refractivity contribution >= 4 is 5.69 Å². The predicted molar refractivity (Wildman–Crippen MR) is 78.8 cm³/mol. The summed E-state index contributed by atoms with van der Waals surface area (Å²) < 4.78 is 15.6. The molecule has 1 aliphatic heterocycles. The van der Waals surface area contributed by atoms with Crippen LogP contribution in [0.25, 0.3) is 0 Å². The standard InChI is InChI=1S/C15H24N2O3/c1-18-15(19-2)11-16-14-5-3-13(4-6-14)12-17-7-9-20-10-8-17/h3-6,15-16H,7-12H2,1-2H3. The predicted octanol–water partition coefficient (Wildman–Crippen LogP) is 1.55. The summed E-state index contributed by atoms with van der Waals surface area (Å²) in [5, 5.41) is 3.29. The van der Waals surface area contributed by atoms with E-state index in [0.29, 0.717) is 6.54 Å². The van der Waals surface area contributed by atoms with Crippen molar-refractivity contribution in [3.63, 3.8) is 0 Å². The zero-order valence-corrected chi connectivity index (χ0v) is 12.3. The highest BCUT2D eigenvalue weighted by Gasteiger charge is 2.10. The first-order valence-corrected chi connectivity index (χ1v) is 7.00. The summed E-state index contributed by atoms with van der Waals surface area (Å²) in [5.41, 5.74) is 2.40. The highest BCUT2D eigenvalue weighted by atomic mass is 16.7. The average molecular weight is 280 g/mol. The Bertz CT molecular complexity index is 373. The summed E-state index contributed by atoms with van der Waals surface area (Å²) in [6.45, 7) is 5.34. The Kier molecular flexibility index (Phi) is 6.26. The van der Waals surface area contributed by atoms with Gasteiger partial charge in [0.15, 0.2) is 6.29 Å². The van der Waals surface area contributed by atoms with Crippen LogP contribution in [0.4, 0.5) is 5.69 Å². The molecule has 1 aliphatic rings. The van der Waals surface area contributed by atoms with Crippen LogP contribution in [-0.2, 0) is 20.8 Å². The van der Waals surface area contributed by atoms with Gasteiger partial charge in [-0.05, 0) is 17.7 Å². The van der Waals surface area contributed by atoms with Gasteiger partial charge in [0, 0.05) is 39.5 Å². The lowest BCUT2D eigenvalue weighted by Crippen LogP contribution is -2.35. The first-order valence-electron chi connectivity index (χ1n) is 7.00. The van der Waals surface area contributed by atoms with Crippen molar-refractivity contribution in [3.05, 3.63) is 29.8 Å². The van der Waals surface area contributed by atoms with Crippen LogP contribution in [0.5, 0.6) is 0 Å². The van der Waals surface area contributed by atoms with Gasteiger partial charge in [-0.3, -0.25) is 4.90 Å². The van der Waals surface area contributed by atoms with Gasteiger partial charge in [0.1, 0.15) is 0 Å². The maximum absolute atomic E-state index is 5.36. The Hall–Kier alpha value is -1.14. The van der Waals surface area contributed by atoms with Gasteiger partial charge in [-0.1, -0.05) is 12.1 Å². The molecule has 0 spiro atoms. The van der Waals surface area contributed by atoms with Crippen LogP contribution in [-0.4, -0.2) is 58.3 Å². The fourth-order valence-corrected chi connectivity index (χ4v) is 2.21. The Morgan fingerprint density at radius 2 is 1.80 bits per heavy atom. The third kappa shape index (κ3) is 4.76. The first-order chi connectivity index (χ1) is 9.81. The molecule has 0 aliphatic carbocycles. The molecular formula is C15H24N2O3. The summed E-state index contributed by atoms with van der Waals surface area (Å²) in [6.07, 6.45) is -0.219. The van der Waals surface area contributed by atoms with Gasteiger partial charge in [0.25, 0.3) is 0 Å². The molecule has 0 aromatic heterocycles. The molecule has 0 radical (unpaired) electrons. The van der Waals surface area contributed by atoms with Crippen molar-refractivity contribution < 1.29 is 14.2 Å². The topological polar surface area (TPSA) is 43.0 Å². The molecule has 1 fully saturated rings. The van der Waals surface area contributed by atoms with Crippen LogP contribution in [0.1, 0.15) is 5.56 Å². The van der Waals surface area contributed by atoms with Gasteiger partial charge in [-0.25, -0.2) is 0 Å². The minimum absolute atomic E-state index is 0.219. The summed E-state index contributed by atoms with van der Waals surface area (Å²) in [4.78, 5) is 2.41. The zero-order valence-electron chi connectivity index (χ0n) is 12.3. The van der Waals surface area contributed by atoms with E-state index in [1.54, 1.807) is 14.2 Å². The van der Waals surface area contributed by atoms with Gasteiger partial charge in [0.2, 0.25) is 0 Å². The molecular weight excluding hydrogens is 256 g/mol. The molecule has 1 aromatic carbocycles. The second-order valence-corrected chi connectivity index (χ2v) is 4.87. The van der Waals surface area contributed by atoms with Crippen molar-refractivity contribution in [2.45, 2.75) is 12.8 Å². The Morgan fingerprint density at radius 3 is 2.40 bits per heavy atom. The minimum Gasteiger partial charge on any atom is -0.380 e. The van der Waals surface area contributed by atoms with Gasteiger partial charge in [-0.2, -0.15) is 0 Å². The van der Waals surface area contributed by atoms with Gasteiger partial charge >= 0.3 is 0 Å². The van der Waals surface area contributed by atoms with E-state index in [1.807, 2.05) is 0 Å². The lowest BCUT2D eigenvalue weighted by molar-refractivity contribution is -0.0914. The molecule has 1 heterocycles. The molecule has 112 valence electrons. The van der Waals surface area contributed by atoms with Crippen LogP contribution in [0, 0.1) is 0 Å². The summed E-state index contributed by atoms with van der Waals surface area (Å²) in [5.74, 6) is 0. The van der Waals surface area contributed by atoms with Crippen molar-refractivity contribution in [1.82, 2.24) is 4.90 Å². The third-order valence-corrected chi connectivity index (χ3v) is 3.46. The number of rotatable bonds is 7. The van der Waals surface area contributed by atoms with Crippen molar-refractivity contribution in [2.75, 3.05) is 52.4 Å². The summed E-state index contributed by atoms with van der Waals surface area (Å²) >= 11 is 0. The van der Waals surface area contributed by atoms with Gasteiger partial charge in [0.05, 0.1) is 19.8 Å². The van der Waals surface area contributed by atoms with E-state index < -0.39 is 0 Å². The number of benzene rings is 1. The highest BCUT2D eigenvalue weighted by molar-refractivity contribution is 5.44. The normalized spacial score (nSPS) is 16.6. The molecule has 1 N–H and O–H groups in total. The van der Waals surface area contributed by atoms with E-state index in [1.165, 1.54) is 5.56 Å². The number of morpholine rings is 1. The second kappa shape index (κ2) is 8.21. The molecule has 0 amide bonds. The van der Waals surface area contributed by atoms with E-state index in [9.17, 15) is 0 Å². The number of hydrogen-bond donors (Lipinski definition) is 1. The molecule has 0 atom stereocenters. The number of ether oxygens (including phenoxy) is 3. The Balaban J connectivity index is 1.79. The molecule has 0 unspecified atom stereocenters. The third-order valence-electron chi connectivity index (χ3n) is 3.46. The van der Waals surface area contributed by atoms with Crippen LogP contribution in [0.15, 0.2) is 24.3 Å². The fourth-order valence-electron chi connectivity index (χ4n) is 2.21. The number of hydrogen-bond acceptors (Lipinski definition) is 5. The molecule has 5 heteroatoms. The van der Waals surface area contributed by atoms with Crippen LogP contribution < -0.4 is 5.32 Å². The van der Waals surface area contributed by atoms with Gasteiger partial charge < -0.3 is 19.5 Å². The maximum Gasteiger partial charge on any atom is 0.173 e. The fraction of sp³-hybridized carbons (Fsp3) is 0.600. The van der Waals surface area contributed by atoms with E-state index in [2.05, 4.69) is 34.5 Å². The summed E-state index contributed by atoms with van der Waals surface area (Å²) in [6, 6.07) is 8.51. The van der Waals surface area contributed by atoms with Crippen molar-refractivity contribution in [3.8, 4) is 0 Å². The van der Waals surface area contributed by atoms with Crippen LogP contribution >= 0.6 is 0 Å². The monoisotopic (exact) mass is 280 g/mol.